The van der Waals surface area contributed by atoms with Crippen LogP contribution in [0.4, 0.5) is 5.69 Å². The topological polar surface area (TPSA) is 51.5 Å². The van der Waals surface area contributed by atoms with Gasteiger partial charge in [0.2, 0.25) is 0 Å². The summed E-state index contributed by atoms with van der Waals surface area (Å²) in [6.45, 7) is 7.82. The number of nitrogens with zero attached hydrogens (tertiary/aromatic N) is 3. The summed E-state index contributed by atoms with van der Waals surface area (Å²) in [6, 6.07) is 24.3. The van der Waals surface area contributed by atoms with E-state index < -0.39 is 0 Å². The Morgan fingerprint density at radius 2 is 1.73 bits per heavy atom. The van der Waals surface area contributed by atoms with Crippen LogP contribution in [0.1, 0.15) is 40.3 Å². The lowest BCUT2D eigenvalue weighted by atomic mass is 9.96. The molecule has 0 radical (unpaired) electrons. The number of thiocarbonyl (C=S) groups is 1. The van der Waals surface area contributed by atoms with Gasteiger partial charge in [-0.05, 0) is 92.6 Å². The Labute approximate surface area is 223 Å². The number of anilines is 1. The van der Waals surface area contributed by atoms with E-state index >= 15 is 0 Å². The predicted molar refractivity (Wildman–Crippen MR) is 151 cm³/mol. The lowest BCUT2D eigenvalue weighted by Gasteiger charge is -2.28. The van der Waals surface area contributed by atoms with Crippen LogP contribution < -0.4 is 15.0 Å². The molecular weight excluding hydrogens is 480 g/mol. The van der Waals surface area contributed by atoms with E-state index in [0.717, 1.165) is 35.0 Å². The van der Waals surface area contributed by atoms with Gasteiger partial charge in [-0.1, -0.05) is 24.3 Å². The highest BCUT2D eigenvalue weighted by molar-refractivity contribution is 7.80. The number of aryl methyl sites for hydroxylation is 2. The second-order valence-corrected chi connectivity index (χ2v) is 9.72. The highest BCUT2D eigenvalue weighted by Gasteiger charge is 2.42. The minimum absolute atomic E-state index is 0.0620. The monoisotopic (exact) mass is 512 g/mol. The van der Waals surface area contributed by atoms with Gasteiger partial charge in [-0.2, -0.15) is 0 Å². The van der Waals surface area contributed by atoms with Crippen molar-refractivity contribution in [3.8, 4) is 11.5 Å². The first-order valence-corrected chi connectivity index (χ1v) is 12.9. The number of benzene rings is 2. The molecular formula is C30H32N4O2S. The first kappa shape index (κ1) is 25.0. The van der Waals surface area contributed by atoms with Crippen LogP contribution in [-0.2, 0) is 11.3 Å². The molecule has 1 saturated heterocycles. The molecule has 5 rings (SSSR count). The molecule has 2 aromatic carbocycles. The number of hydrogen-bond acceptors (Lipinski definition) is 4. The first-order chi connectivity index (χ1) is 18.0. The zero-order valence-corrected chi connectivity index (χ0v) is 22.5. The number of aromatic nitrogens is 2. The van der Waals surface area contributed by atoms with E-state index in [1.807, 2.05) is 61.7 Å². The van der Waals surface area contributed by atoms with Crippen molar-refractivity contribution >= 4 is 23.0 Å². The molecule has 37 heavy (non-hydrogen) atoms. The van der Waals surface area contributed by atoms with Gasteiger partial charge < -0.3 is 24.3 Å². The zero-order valence-electron chi connectivity index (χ0n) is 21.6. The molecule has 0 spiro atoms. The van der Waals surface area contributed by atoms with Gasteiger partial charge in [0.15, 0.2) is 5.11 Å². The average Bonchev–Trinajstić information content (AvgIpc) is 3.40. The van der Waals surface area contributed by atoms with E-state index in [1.165, 1.54) is 17.0 Å². The number of rotatable bonds is 8. The van der Waals surface area contributed by atoms with Crippen molar-refractivity contribution in [1.82, 2.24) is 14.9 Å². The molecule has 0 unspecified atom stereocenters. The van der Waals surface area contributed by atoms with Crippen molar-refractivity contribution in [2.75, 3.05) is 18.6 Å². The quantitative estimate of drug-likeness (QED) is 0.275. The third kappa shape index (κ3) is 4.97. The highest BCUT2D eigenvalue weighted by atomic mass is 32.1. The van der Waals surface area contributed by atoms with Crippen LogP contribution in [0.2, 0.25) is 0 Å². The summed E-state index contributed by atoms with van der Waals surface area (Å²) in [7, 11) is 1.74. The predicted octanol–water partition coefficient (Wildman–Crippen LogP) is 6.42. The van der Waals surface area contributed by atoms with Gasteiger partial charge in [0.1, 0.15) is 11.5 Å². The van der Waals surface area contributed by atoms with Crippen LogP contribution in [-0.4, -0.2) is 28.4 Å². The molecule has 1 N–H and O–H groups in total. The van der Waals surface area contributed by atoms with Gasteiger partial charge in [-0.3, -0.25) is 4.98 Å². The third-order valence-electron chi connectivity index (χ3n) is 6.98. The molecule has 1 aliphatic heterocycles. The fraction of sp³-hybridized carbons (Fsp3) is 0.267. The summed E-state index contributed by atoms with van der Waals surface area (Å²) in [4.78, 5) is 6.88. The number of ether oxygens (including phenoxy) is 2. The molecule has 7 heteroatoms. The summed E-state index contributed by atoms with van der Waals surface area (Å²) in [6.07, 6.45) is 1.83. The summed E-state index contributed by atoms with van der Waals surface area (Å²) in [5, 5.41) is 4.23. The Balaban J connectivity index is 1.52. The maximum Gasteiger partial charge on any atom is 0.174 e. The van der Waals surface area contributed by atoms with Crippen molar-refractivity contribution in [3.05, 3.63) is 107 Å². The molecule has 3 heterocycles. The van der Waals surface area contributed by atoms with E-state index in [1.54, 1.807) is 7.11 Å². The van der Waals surface area contributed by atoms with E-state index in [4.69, 9.17) is 21.7 Å². The van der Waals surface area contributed by atoms with Crippen molar-refractivity contribution in [3.63, 3.8) is 0 Å². The van der Waals surface area contributed by atoms with Crippen LogP contribution in [0.15, 0.2) is 79.0 Å². The van der Waals surface area contributed by atoms with Crippen LogP contribution in [0.3, 0.4) is 0 Å². The lowest BCUT2D eigenvalue weighted by Crippen LogP contribution is -2.29. The molecule has 0 bridgehead atoms. The normalized spacial score (nSPS) is 17.2. The highest BCUT2D eigenvalue weighted by Crippen LogP contribution is 2.43. The molecule has 2 atom stereocenters. The summed E-state index contributed by atoms with van der Waals surface area (Å²) >= 11 is 5.91. The Kier molecular flexibility index (Phi) is 7.26. The maximum absolute atomic E-state index is 6.14. The second kappa shape index (κ2) is 10.7. The molecule has 4 aromatic rings. The van der Waals surface area contributed by atoms with Gasteiger partial charge in [0.25, 0.3) is 0 Å². The van der Waals surface area contributed by atoms with Gasteiger partial charge in [0.05, 0.1) is 24.4 Å². The Bertz CT molecular complexity index is 1380. The average molecular weight is 513 g/mol. The van der Waals surface area contributed by atoms with E-state index in [-0.39, 0.29) is 12.1 Å². The smallest absolute Gasteiger partial charge is 0.174 e. The van der Waals surface area contributed by atoms with Crippen LogP contribution in [0.5, 0.6) is 11.5 Å². The fourth-order valence-corrected chi connectivity index (χ4v) is 5.42. The summed E-state index contributed by atoms with van der Waals surface area (Å²) in [5.41, 5.74) is 6.68. The van der Waals surface area contributed by atoms with Crippen molar-refractivity contribution < 1.29 is 9.47 Å². The van der Waals surface area contributed by atoms with Gasteiger partial charge in [-0.25, -0.2) is 0 Å². The maximum atomic E-state index is 6.14. The molecule has 2 aromatic heterocycles. The Morgan fingerprint density at radius 3 is 2.43 bits per heavy atom. The minimum atomic E-state index is -0.0898. The number of pyridine rings is 1. The van der Waals surface area contributed by atoms with Crippen LogP contribution in [0, 0.1) is 20.8 Å². The molecule has 1 aliphatic rings. The van der Waals surface area contributed by atoms with Gasteiger partial charge in [0, 0.05) is 36.9 Å². The van der Waals surface area contributed by atoms with Crippen molar-refractivity contribution in [2.24, 2.45) is 0 Å². The van der Waals surface area contributed by atoms with E-state index in [2.05, 4.69) is 57.9 Å². The van der Waals surface area contributed by atoms with Crippen molar-refractivity contribution in [1.29, 1.82) is 0 Å². The lowest BCUT2D eigenvalue weighted by molar-refractivity contribution is 0.186. The summed E-state index contributed by atoms with van der Waals surface area (Å²) in [5.74, 6) is 1.64. The largest absolute Gasteiger partial charge is 0.457 e. The zero-order chi connectivity index (χ0) is 25.9. The molecule has 0 amide bonds. The van der Waals surface area contributed by atoms with Gasteiger partial charge >= 0.3 is 0 Å². The van der Waals surface area contributed by atoms with E-state index in [9.17, 15) is 0 Å². The molecule has 0 saturated carbocycles. The molecule has 1 fully saturated rings. The number of methoxy groups -OCH3 is 1. The number of nitrogens with one attached hydrogen (secondary N) is 1. The van der Waals surface area contributed by atoms with Crippen molar-refractivity contribution in [2.45, 2.75) is 39.4 Å². The number of hydrogen-bond donors (Lipinski definition) is 1. The molecule has 6 nitrogen and oxygen atoms in total. The first-order valence-electron chi connectivity index (χ1n) is 12.5. The SMILES string of the molecule is COCCn1c(C)cc([C@H]2[C@@H](c3ccccn3)NC(=S)N2c2ccc(Oc3ccccc3C)cc2)c1C. The minimum Gasteiger partial charge on any atom is -0.457 e. The fourth-order valence-electron chi connectivity index (χ4n) is 5.08. The van der Waals surface area contributed by atoms with Gasteiger partial charge in [-0.15, -0.1) is 0 Å². The van der Waals surface area contributed by atoms with Crippen LogP contribution >= 0.6 is 12.2 Å². The Morgan fingerprint density at radius 1 is 0.973 bits per heavy atom. The second-order valence-electron chi connectivity index (χ2n) is 9.33. The third-order valence-corrected chi connectivity index (χ3v) is 7.30. The molecule has 190 valence electrons. The standard InChI is InChI=1S/C30H32N4O2S/c1-20-9-5-6-11-27(20)36-24-14-12-23(13-15-24)34-29(25-19-21(2)33(22(25)3)17-18-35-4)28(32-30(34)37)26-10-7-8-16-31-26/h5-16,19,28-29H,17-18H2,1-4H3,(H,32,37)/t28-,29+/m1/s1. The molecule has 0 aliphatic carbocycles. The van der Waals surface area contributed by atoms with Crippen LogP contribution in [0.25, 0.3) is 0 Å². The Hall–Kier alpha value is -3.68. The number of para-hydroxylation sites is 1. The van der Waals surface area contributed by atoms with E-state index in [0.29, 0.717) is 11.7 Å². The summed E-state index contributed by atoms with van der Waals surface area (Å²) < 4.78 is 13.8.